The second-order valence-electron chi connectivity index (χ2n) is 6.13. The highest BCUT2D eigenvalue weighted by molar-refractivity contribution is 7.09. The quantitative estimate of drug-likeness (QED) is 0.819. The summed E-state index contributed by atoms with van der Waals surface area (Å²) in [6, 6.07) is 10.3. The zero-order valence-corrected chi connectivity index (χ0v) is 14.3. The lowest BCUT2D eigenvalue weighted by atomic mass is 9.97. The highest BCUT2D eigenvalue weighted by Gasteiger charge is 2.18. The Hall–Kier alpha value is -1.27. The van der Waals surface area contributed by atoms with Gasteiger partial charge in [0.2, 0.25) is 0 Å². The van der Waals surface area contributed by atoms with Gasteiger partial charge in [0.1, 0.15) is 5.01 Å². The van der Waals surface area contributed by atoms with Crippen molar-refractivity contribution in [1.82, 2.24) is 15.2 Å². The van der Waals surface area contributed by atoms with E-state index in [2.05, 4.69) is 39.9 Å². The Balaban J connectivity index is 1.41. The first kappa shape index (κ1) is 16.6. The Labute approximate surface area is 142 Å². The molecule has 5 heteroatoms. The van der Waals surface area contributed by atoms with Crippen LogP contribution in [0.5, 0.6) is 0 Å². The van der Waals surface area contributed by atoms with E-state index in [0.29, 0.717) is 0 Å². The molecule has 1 fully saturated rings. The number of likely N-dealkylation sites (tertiary alicyclic amines) is 1. The van der Waals surface area contributed by atoms with Gasteiger partial charge in [-0.2, -0.15) is 0 Å². The van der Waals surface area contributed by atoms with Crippen molar-refractivity contribution in [2.75, 3.05) is 32.8 Å². The standard InChI is InChI=1S/C18H25N3OS/c22-11-10-21-8-6-15(7-9-21)12-19-13-18-20-17(14-23-18)16-4-2-1-3-5-16/h1-5,14-15,19,22H,6-13H2. The molecule has 0 bridgehead atoms. The zero-order chi connectivity index (χ0) is 15.9. The van der Waals surface area contributed by atoms with E-state index in [-0.39, 0.29) is 6.61 Å². The largest absolute Gasteiger partial charge is 0.395 e. The van der Waals surface area contributed by atoms with Gasteiger partial charge in [-0.05, 0) is 38.4 Å². The summed E-state index contributed by atoms with van der Waals surface area (Å²) in [6.45, 7) is 5.24. The van der Waals surface area contributed by atoms with Gasteiger partial charge in [0.15, 0.2) is 0 Å². The van der Waals surface area contributed by atoms with Crippen LogP contribution in [0.3, 0.4) is 0 Å². The van der Waals surface area contributed by atoms with Crippen molar-refractivity contribution in [1.29, 1.82) is 0 Å². The van der Waals surface area contributed by atoms with Gasteiger partial charge in [0.25, 0.3) is 0 Å². The van der Waals surface area contributed by atoms with Crippen molar-refractivity contribution in [3.8, 4) is 11.3 Å². The van der Waals surface area contributed by atoms with Crippen molar-refractivity contribution in [2.45, 2.75) is 19.4 Å². The lowest BCUT2D eigenvalue weighted by Crippen LogP contribution is -2.38. The Bertz CT molecular complexity index is 579. The molecule has 1 aliphatic heterocycles. The highest BCUT2D eigenvalue weighted by Crippen LogP contribution is 2.21. The van der Waals surface area contributed by atoms with E-state index in [4.69, 9.17) is 10.1 Å². The van der Waals surface area contributed by atoms with Crippen LogP contribution >= 0.6 is 11.3 Å². The SMILES string of the molecule is OCCN1CCC(CNCc2nc(-c3ccccc3)cs2)CC1. The molecule has 1 saturated heterocycles. The maximum Gasteiger partial charge on any atom is 0.107 e. The van der Waals surface area contributed by atoms with E-state index in [0.717, 1.165) is 49.3 Å². The molecule has 0 amide bonds. The molecule has 0 radical (unpaired) electrons. The van der Waals surface area contributed by atoms with Crippen molar-refractivity contribution >= 4 is 11.3 Å². The van der Waals surface area contributed by atoms with Crippen molar-refractivity contribution in [2.24, 2.45) is 5.92 Å². The lowest BCUT2D eigenvalue weighted by Gasteiger charge is -2.31. The number of thiazole rings is 1. The van der Waals surface area contributed by atoms with Gasteiger partial charge in [-0.1, -0.05) is 30.3 Å². The van der Waals surface area contributed by atoms with Crippen LogP contribution in [0.1, 0.15) is 17.8 Å². The van der Waals surface area contributed by atoms with Crippen molar-refractivity contribution in [3.05, 3.63) is 40.7 Å². The van der Waals surface area contributed by atoms with E-state index in [1.54, 1.807) is 11.3 Å². The molecular formula is C18H25N3OS. The number of β-amino-alcohol motifs (C(OH)–C–C–N with tert-alkyl or cyclic N) is 1. The number of aromatic nitrogens is 1. The summed E-state index contributed by atoms with van der Waals surface area (Å²) >= 11 is 1.73. The molecule has 3 rings (SSSR count). The zero-order valence-electron chi connectivity index (χ0n) is 13.4. The molecule has 1 aromatic carbocycles. The summed E-state index contributed by atoms with van der Waals surface area (Å²) in [6.07, 6.45) is 2.44. The minimum Gasteiger partial charge on any atom is -0.395 e. The first-order valence-corrected chi connectivity index (χ1v) is 9.27. The minimum absolute atomic E-state index is 0.275. The fourth-order valence-electron chi connectivity index (χ4n) is 3.07. The molecule has 0 unspecified atom stereocenters. The summed E-state index contributed by atoms with van der Waals surface area (Å²) < 4.78 is 0. The maximum absolute atomic E-state index is 8.98. The van der Waals surface area contributed by atoms with Crippen LogP contribution in [0, 0.1) is 5.92 Å². The van der Waals surface area contributed by atoms with E-state index >= 15 is 0 Å². The van der Waals surface area contributed by atoms with Crippen LogP contribution < -0.4 is 5.32 Å². The van der Waals surface area contributed by atoms with Crippen molar-refractivity contribution < 1.29 is 5.11 Å². The highest BCUT2D eigenvalue weighted by atomic mass is 32.1. The Kier molecular flexibility index (Phi) is 6.16. The molecule has 0 spiro atoms. The fourth-order valence-corrected chi connectivity index (χ4v) is 3.85. The normalized spacial score (nSPS) is 16.7. The van der Waals surface area contributed by atoms with Gasteiger partial charge in [-0.15, -0.1) is 11.3 Å². The predicted octanol–water partition coefficient (Wildman–Crippen LogP) is 2.60. The van der Waals surface area contributed by atoms with Gasteiger partial charge in [0, 0.05) is 24.0 Å². The summed E-state index contributed by atoms with van der Waals surface area (Å²) in [5.41, 5.74) is 2.26. The van der Waals surface area contributed by atoms with Crippen LogP contribution in [-0.4, -0.2) is 47.8 Å². The number of benzene rings is 1. The van der Waals surface area contributed by atoms with E-state index in [1.165, 1.54) is 18.4 Å². The number of rotatable bonds is 7. The first-order valence-electron chi connectivity index (χ1n) is 8.39. The Morgan fingerprint density at radius 1 is 1.22 bits per heavy atom. The summed E-state index contributed by atoms with van der Waals surface area (Å²) in [5.74, 6) is 0.749. The molecule has 1 aromatic heterocycles. The smallest absolute Gasteiger partial charge is 0.107 e. The number of hydrogen-bond acceptors (Lipinski definition) is 5. The van der Waals surface area contributed by atoms with Gasteiger partial charge in [0.05, 0.1) is 12.3 Å². The van der Waals surface area contributed by atoms with Gasteiger partial charge >= 0.3 is 0 Å². The topological polar surface area (TPSA) is 48.4 Å². The molecule has 2 heterocycles. The summed E-state index contributed by atoms with van der Waals surface area (Å²) in [7, 11) is 0. The number of nitrogens with zero attached hydrogens (tertiary/aromatic N) is 2. The third-order valence-corrected chi connectivity index (χ3v) is 5.30. The Morgan fingerprint density at radius 3 is 2.74 bits per heavy atom. The number of aliphatic hydroxyl groups is 1. The fraction of sp³-hybridized carbons (Fsp3) is 0.500. The first-order chi connectivity index (χ1) is 11.3. The van der Waals surface area contributed by atoms with Crippen LogP contribution in [0.4, 0.5) is 0 Å². The van der Waals surface area contributed by atoms with Crippen LogP contribution in [0.2, 0.25) is 0 Å². The molecule has 2 aromatic rings. The molecule has 4 nitrogen and oxygen atoms in total. The molecule has 23 heavy (non-hydrogen) atoms. The third-order valence-electron chi connectivity index (χ3n) is 4.45. The molecule has 2 N–H and O–H groups in total. The minimum atomic E-state index is 0.275. The van der Waals surface area contributed by atoms with E-state index in [9.17, 15) is 0 Å². The maximum atomic E-state index is 8.98. The monoisotopic (exact) mass is 331 g/mol. The molecule has 0 saturated carbocycles. The second kappa shape index (κ2) is 8.55. The number of aliphatic hydroxyl groups excluding tert-OH is 1. The number of nitrogens with one attached hydrogen (secondary N) is 1. The second-order valence-corrected chi connectivity index (χ2v) is 7.07. The van der Waals surface area contributed by atoms with E-state index in [1.807, 2.05) is 6.07 Å². The van der Waals surface area contributed by atoms with Gasteiger partial charge in [-0.3, -0.25) is 0 Å². The van der Waals surface area contributed by atoms with Gasteiger partial charge in [-0.25, -0.2) is 4.98 Å². The average Bonchev–Trinajstić information content (AvgIpc) is 3.06. The molecule has 0 aliphatic carbocycles. The summed E-state index contributed by atoms with van der Waals surface area (Å²) in [4.78, 5) is 7.07. The number of hydrogen-bond donors (Lipinski definition) is 2. The van der Waals surface area contributed by atoms with Crippen LogP contribution in [0.15, 0.2) is 35.7 Å². The van der Waals surface area contributed by atoms with Crippen molar-refractivity contribution in [3.63, 3.8) is 0 Å². The molecule has 1 aliphatic rings. The van der Waals surface area contributed by atoms with Crippen LogP contribution in [0.25, 0.3) is 11.3 Å². The Morgan fingerprint density at radius 2 is 2.00 bits per heavy atom. The molecule has 0 atom stereocenters. The molecular weight excluding hydrogens is 306 g/mol. The molecule has 124 valence electrons. The average molecular weight is 331 g/mol. The van der Waals surface area contributed by atoms with Crippen LogP contribution in [-0.2, 0) is 6.54 Å². The lowest BCUT2D eigenvalue weighted by molar-refractivity contribution is 0.146. The third kappa shape index (κ3) is 4.85. The van der Waals surface area contributed by atoms with Gasteiger partial charge < -0.3 is 15.3 Å². The predicted molar refractivity (Wildman–Crippen MR) is 95.5 cm³/mol. The van der Waals surface area contributed by atoms with E-state index < -0.39 is 0 Å². The number of piperidine rings is 1. The summed E-state index contributed by atoms with van der Waals surface area (Å²) in [5, 5.41) is 15.8.